The summed E-state index contributed by atoms with van der Waals surface area (Å²) >= 11 is 0. The van der Waals surface area contributed by atoms with Crippen molar-refractivity contribution >= 4 is 5.97 Å². The van der Waals surface area contributed by atoms with Gasteiger partial charge in [0.25, 0.3) is 0 Å². The molecule has 0 aliphatic rings. The average Bonchev–Trinajstić information content (AvgIpc) is 2.26. The lowest BCUT2D eigenvalue weighted by Crippen LogP contribution is -2.23. The minimum absolute atomic E-state index is 0.554. The van der Waals surface area contributed by atoms with Gasteiger partial charge >= 0.3 is 5.97 Å². The average molecular weight is 243 g/mol. The van der Waals surface area contributed by atoms with Gasteiger partial charge in [0, 0.05) is 0 Å². The van der Waals surface area contributed by atoms with Gasteiger partial charge in [0.2, 0.25) is 0 Å². The Morgan fingerprint density at radius 3 is 1.76 bits per heavy atom. The van der Waals surface area contributed by atoms with Gasteiger partial charge in [0.05, 0.1) is 5.41 Å². The molecule has 0 fully saturated rings. The summed E-state index contributed by atoms with van der Waals surface area (Å²) in [5, 5.41) is 8.95. The third-order valence-electron chi connectivity index (χ3n) is 3.33. The van der Waals surface area contributed by atoms with Crippen LogP contribution in [0.2, 0.25) is 0 Å². The number of carbonyl (C=O) groups is 1. The molecule has 0 aliphatic heterocycles. The summed E-state index contributed by atoms with van der Waals surface area (Å²) < 4.78 is 0. The molecule has 0 amide bonds. The molecular weight excluding hydrogens is 214 g/mol. The molecule has 0 saturated heterocycles. The third kappa shape index (κ3) is 9.16. The molecule has 0 spiro atoms. The molecule has 0 aromatic rings. The van der Waals surface area contributed by atoms with E-state index in [9.17, 15) is 4.79 Å². The van der Waals surface area contributed by atoms with Crippen LogP contribution in [0.25, 0.3) is 0 Å². The van der Waals surface area contributed by atoms with Crippen molar-refractivity contribution in [1.82, 2.24) is 0 Å². The number of hydrogen-bond acceptors (Lipinski definition) is 2. The molecule has 0 unspecified atom stereocenters. The van der Waals surface area contributed by atoms with Crippen LogP contribution in [-0.2, 0) is 4.79 Å². The smallest absolute Gasteiger partial charge is 0.309 e. The maximum Gasteiger partial charge on any atom is 0.309 e. The summed E-state index contributed by atoms with van der Waals surface area (Å²) in [5.41, 5.74) is 4.87. The first-order valence-corrected chi connectivity index (χ1v) is 6.94. The van der Waals surface area contributed by atoms with E-state index in [2.05, 4.69) is 0 Å². The molecule has 3 heteroatoms. The maximum absolute atomic E-state index is 10.9. The lowest BCUT2D eigenvalue weighted by molar-refractivity contribution is -0.147. The van der Waals surface area contributed by atoms with Crippen molar-refractivity contribution in [2.45, 2.75) is 71.6 Å². The Morgan fingerprint density at radius 1 is 0.941 bits per heavy atom. The van der Waals surface area contributed by atoms with Crippen LogP contribution < -0.4 is 5.73 Å². The molecule has 3 N–H and O–H groups in total. The molecule has 0 saturated carbocycles. The Balaban J connectivity index is 3.27. The van der Waals surface area contributed by atoms with Crippen LogP contribution in [0.1, 0.15) is 71.6 Å². The Bertz CT molecular complexity index is 202. The van der Waals surface area contributed by atoms with Gasteiger partial charge in [0.1, 0.15) is 0 Å². The monoisotopic (exact) mass is 243 g/mol. The standard InChI is InChI=1S/C14H29NO2/c1-14(2,13(16)17)11-9-7-5-3-4-6-8-10-12-15/h3-12,15H2,1-2H3,(H,16,17). The normalized spacial score (nSPS) is 11.7. The highest BCUT2D eigenvalue weighted by atomic mass is 16.4. The quantitative estimate of drug-likeness (QED) is 0.545. The zero-order valence-corrected chi connectivity index (χ0v) is 11.5. The molecule has 0 heterocycles. The van der Waals surface area contributed by atoms with Crippen molar-refractivity contribution in [2.75, 3.05) is 6.54 Å². The van der Waals surface area contributed by atoms with Gasteiger partial charge in [-0.15, -0.1) is 0 Å². The topological polar surface area (TPSA) is 63.3 Å². The first kappa shape index (κ1) is 16.4. The van der Waals surface area contributed by atoms with Crippen LogP contribution in [0.5, 0.6) is 0 Å². The maximum atomic E-state index is 10.9. The minimum Gasteiger partial charge on any atom is -0.481 e. The van der Waals surface area contributed by atoms with Gasteiger partial charge in [0.15, 0.2) is 0 Å². The fraction of sp³-hybridized carbons (Fsp3) is 0.929. The van der Waals surface area contributed by atoms with Crippen molar-refractivity contribution in [3.05, 3.63) is 0 Å². The van der Waals surface area contributed by atoms with Gasteiger partial charge in [-0.1, -0.05) is 44.9 Å². The highest BCUT2D eigenvalue weighted by Crippen LogP contribution is 2.24. The zero-order chi connectivity index (χ0) is 13.1. The molecule has 102 valence electrons. The lowest BCUT2D eigenvalue weighted by Gasteiger charge is -2.18. The number of unbranched alkanes of at least 4 members (excludes halogenated alkanes) is 7. The van der Waals surface area contributed by atoms with Crippen molar-refractivity contribution in [3.8, 4) is 0 Å². The summed E-state index contributed by atoms with van der Waals surface area (Å²) in [5.74, 6) is -0.681. The van der Waals surface area contributed by atoms with Gasteiger partial charge in [-0.3, -0.25) is 4.79 Å². The van der Waals surface area contributed by atoms with E-state index in [0.29, 0.717) is 0 Å². The van der Waals surface area contributed by atoms with Crippen molar-refractivity contribution in [1.29, 1.82) is 0 Å². The van der Waals surface area contributed by atoms with Crippen LogP contribution in [-0.4, -0.2) is 17.6 Å². The summed E-state index contributed by atoms with van der Waals surface area (Å²) in [6.45, 7) is 4.43. The minimum atomic E-state index is -0.681. The molecule has 0 rings (SSSR count). The number of nitrogens with two attached hydrogens (primary N) is 1. The molecule has 0 aromatic carbocycles. The molecule has 0 atom stereocenters. The van der Waals surface area contributed by atoms with Crippen molar-refractivity contribution in [3.63, 3.8) is 0 Å². The predicted molar refractivity (Wildman–Crippen MR) is 72.0 cm³/mol. The Labute approximate surface area is 106 Å². The molecule has 0 radical (unpaired) electrons. The van der Waals surface area contributed by atoms with Crippen molar-refractivity contribution < 1.29 is 9.90 Å². The van der Waals surface area contributed by atoms with Crippen LogP contribution in [0.3, 0.4) is 0 Å². The number of carboxylic acids is 1. The van der Waals surface area contributed by atoms with E-state index in [4.69, 9.17) is 10.8 Å². The number of rotatable bonds is 11. The van der Waals surface area contributed by atoms with Crippen LogP contribution in [0, 0.1) is 5.41 Å². The Kier molecular flexibility index (Phi) is 9.14. The van der Waals surface area contributed by atoms with E-state index in [1.807, 2.05) is 13.8 Å². The molecule has 0 aliphatic carbocycles. The van der Waals surface area contributed by atoms with E-state index in [-0.39, 0.29) is 0 Å². The van der Waals surface area contributed by atoms with Crippen LogP contribution in [0.4, 0.5) is 0 Å². The highest BCUT2D eigenvalue weighted by Gasteiger charge is 2.25. The second-order valence-corrected chi connectivity index (χ2v) is 5.56. The molecule has 0 bridgehead atoms. The Hall–Kier alpha value is -0.570. The van der Waals surface area contributed by atoms with Crippen LogP contribution >= 0.6 is 0 Å². The molecule has 0 aromatic heterocycles. The van der Waals surface area contributed by atoms with Gasteiger partial charge < -0.3 is 10.8 Å². The van der Waals surface area contributed by atoms with E-state index in [1.54, 1.807) is 0 Å². The van der Waals surface area contributed by atoms with Gasteiger partial charge in [-0.25, -0.2) is 0 Å². The van der Waals surface area contributed by atoms with E-state index < -0.39 is 11.4 Å². The third-order valence-corrected chi connectivity index (χ3v) is 3.33. The van der Waals surface area contributed by atoms with Crippen LogP contribution in [0.15, 0.2) is 0 Å². The van der Waals surface area contributed by atoms with E-state index in [1.165, 1.54) is 32.1 Å². The highest BCUT2D eigenvalue weighted by molar-refractivity contribution is 5.73. The number of hydrogen-bond donors (Lipinski definition) is 2. The second kappa shape index (κ2) is 9.46. The fourth-order valence-electron chi connectivity index (χ4n) is 1.88. The van der Waals surface area contributed by atoms with Gasteiger partial charge in [-0.05, 0) is 33.2 Å². The van der Waals surface area contributed by atoms with Crippen molar-refractivity contribution in [2.24, 2.45) is 11.1 Å². The largest absolute Gasteiger partial charge is 0.481 e. The first-order chi connectivity index (χ1) is 8.00. The predicted octanol–water partition coefficient (Wildman–Crippen LogP) is 3.57. The zero-order valence-electron chi connectivity index (χ0n) is 11.5. The van der Waals surface area contributed by atoms with E-state index in [0.717, 1.165) is 32.2 Å². The van der Waals surface area contributed by atoms with Gasteiger partial charge in [-0.2, -0.15) is 0 Å². The lowest BCUT2D eigenvalue weighted by atomic mass is 9.87. The van der Waals surface area contributed by atoms with E-state index >= 15 is 0 Å². The Morgan fingerprint density at radius 2 is 1.35 bits per heavy atom. The summed E-state index contributed by atoms with van der Waals surface area (Å²) in [6.07, 6.45) is 10.5. The first-order valence-electron chi connectivity index (χ1n) is 6.94. The second-order valence-electron chi connectivity index (χ2n) is 5.56. The SMILES string of the molecule is CC(C)(CCCCCCCCCCN)C(=O)O. The number of aliphatic carboxylic acids is 1. The summed E-state index contributed by atoms with van der Waals surface area (Å²) in [4.78, 5) is 10.9. The summed E-state index contributed by atoms with van der Waals surface area (Å²) in [7, 11) is 0. The molecular formula is C14H29NO2. The number of carboxylic acid groups (broad SMARTS) is 1. The molecule has 3 nitrogen and oxygen atoms in total. The fourth-order valence-corrected chi connectivity index (χ4v) is 1.88. The summed E-state index contributed by atoms with van der Waals surface area (Å²) in [6, 6.07) is 0. The molecule has 17 heavy (non-hydrogen) atoms.